The van der Waals surface area contributed by atoms with Crippen LogP contribution in [0.2, 0.25) is 0 Å². The van der Waals surface area contributed by atoms with Crippen LogP contribution in [0.3, 0.4) is 0 Å². The second-order valence-electron chi connectivity index (χ2n) is 25.3. The van der Waals surface area contributed by atoms with Crippen LogP contribution in [0.15, 0.2) is 248 Å². The van der Waals surface area contributed by atoms with E-state index in [2.05, 4.69) is 0 Å². The summed E-state index contributed by atoms with van der Waals surface area (Å²) in [5.74, 6) is 0. The number of aromatic nitrogens is 6. The minimum Gasteiger partial charge on any atom is -0.744 e. The van der Waals surface area contributed by atoms with Gasteiger partial charge in [-0.3, -0.25) is 29.9 Å². The Hall–Kier alpha value is -6.10. The minimum atomic E-state index is -4.63. The van der Waals surface area contributed by atoms with Crippen molar-refractivity contribution in [2.45, 2.75) is 70.9 Å². The smallest absolute Gasteiger partial charge is 0.744 e. The van der Waals surface area contributed by atoms with E-state index in [0.29, 0.717) is 106 Å². The first-order valence-electron chi connectivity index (χ1n) is 32.3. The van der Waals surface area contributed by atoms with Gasteiger partial charge in [-0.2, -0.15) is 0 Å². The zero-order valence-electron chi connectivity index (χ0n) is 62.3. The molecule has 0 bridgehead atoms. The average Bonchev–Trinajstić information content (AvgIpc) is 0.757. The van der Waals surface area contributed by atoms with E-state index < -0.39 is 60.7 Å². The molecule has 0 unspecified atom stereocenters. The molecule has 0 saturated carbocycles. The van der Waals surface area contributed by atoms with E-state index >= 15 is 0 Å². The zero-order chi connectivity index (χ0) is 77.5. The van der Waals surface area contributed by atoms with Crippen LogP contribution in [0.1, 0.15) is 34.2 Å². The van der Waals surface area contributed by atoms with Crippen molar-refractivity contribution >= 4 is 126 Å². The predicted molar refractivity (Wildman–Crippen MR) is 400 cm³/mol. The fraction of sp³-hybridized carbons (Fsp3) is 0.0769. The number of hydrogen-bond donors (Lipinski definition) is 0. The van der Waals surface area contributed by atoms with Crippen molar-refractivity contribution in [3.05, 3.63) is 253 Å². The zero-order valence-corrected chi connectivity index (χ0v) is 77.2. The molecule has 6 aromatic heterocycles. The van der Waals surface area contributed by atoms with Crippen LogP contribution in [0.25, 0.3) is 132 Å². The van der Waals surface area contributed by atoms with E-state index in [9.17, 15) is 77.8 Å². The minimum absolute atomic E-state index is 0. The molecule has 0 aliphatic rings. The summed E-state index contributed by atoms with van der Waals surface area (Å²) in [6.45, 7) is 10.9. The van der Waals surface area contributed by atoms with Gasteiger partial charge in [0.1, 0.15) is 60.7 Å². The number of pyridine rings is 6. The Morgan fingerprint density at radius 1 is 0.195 bits per heavy atom. The third kappa shape index (κ3) is 20.4. The maximum atomic E-state index is 11.6. The van der Waals surface area contributed by atoms with Gasteiger partial charge in [-0.05, 0) is 217 Å². The van der Waals surface area contributed by atoms with Gasteiger partial charge in [-0.25, -0.2) is 50.5 Å². The van der Waals surface area contributed by atoms with Gasteiger partial charge in [0, 0.05) is 66.5 Å². The van der Waals surface area contributed by atoms with Crippen molar-refractivity contribution in [3.63, 3.8) is 0 Å². The summed E-state index contributed by atoms with van der Waals surface area (Å²) < 4.78 is 206. The largest absolute Gasteiger partial charge is 1.00 e. The molecule has 35 heteroatoms. The van der Waals surface area contributed by atoms with Crippen LogP contribution in [0.4, 0.5) is 0 Å². The van der Waals surface area contributed by atoms with Crippen LogP contribution in [-0.4, -0.2) is 108 Å². The molecule has 0 N–H and O–H groups in total. The SMILES string of the molecule is Cc1cc(-c2ccc(S(=O)(=O)[O-])cc2)c2ccc3c(-c4ccc(S(=O)(=O)[O-])cc4)cc(C)nc3c2n1.Cc1cc(-c2ccc(S(=O)(=O)[O-])cc2)c2ccc3c(-c4cccc(S(=O)(=O)[O-])c4)cc(C)nc3c2n1.Cc1cc(-c2cccc(S(=O)(=O)[O-])c2)c2ccc3c(-c4cccc(S(=O)(=O)[O-])c4)cc(C)nc3c2n1.[Na+].[Na+].[Na+].[Na+].[Na+]. The van der Waals surface area contributed by atoms with Gasteiger partial charge in [-0.15, -0.1) is 0 Å². The Bertz CT molecular complexity index is 6790. The number of nitrogens with zero attached hydrogens (tertiary/aromatic N) is 6. The molecule has 0 saturated heterocycles. The summed E-state index contributed by atoms with van der Waals surface area (Å²) in [7, 11) is -27.5. The predicted octanol–water partition coefficient (Wildman–Crippen LogP) is -1.35. The summed E-state index contributed by atoms with van der Waals surface area (Å²) in [6, 6.07) is 57.0. The quantitative estimate of drug-likeness (QED) is 0.0775. The Morgan fingerprint density at radius 2 is 0.354 bits per heavy atom. The number of aryl methyl sites for hydroxylation is 6. The number of fused-ring (bicyclic) bond motifs is 9. The molecule has 0 fully saturated rings. The van der Waals surface area contributed by atoms with Crippen molar-refractivity contribution in [1.29, 1.82) is 0 Å². The molecule has 24 nitrogen and oxygen atoms in total. The number of rotatable bonds is 12. The Labute approximate surface area is 761 Å². The van der Waals surface area contributed by atoms with Gasteiger partial charge >= 0.3 is 148 Å². The second-order valence-corrected chi connectivity index (χ2v) is 33.6. The monoisotopic (exact) mass is 1670 g/mol. The Morgan fingerprint density at radius 3 is 0.513 bits per heavy atom. The fourth-order valence-corrected chi connectivity index (χ4v) is 15.9. The summed E-state index contributed by atoms with van der Waals surface area (Å²) in [5.41, 5.74) is 16.1. The van der Waals surface area contributed by atoms with Crippen LogP contribution in [0.5, 0.6) is 0 Å². The van der Waals surface area contributed by atoms with Gasteiger partial charge in [0.15, 0.2) is 0 Å². The van der Waals surface area contributed by atoms with Crippen molar-refractivity contribution in [2.75, 3.05) is 0 Å². The van der Waals surface area contributed by atoms with Crippen molar-refractivity contribution in [2.24, 2.45) is 0 Å². The maximum Gasteiger partial charge on any atom is 1.00 e. The van der Waals surface area contributed by atoms with E-state index in [1.165, 1.54) is 91.0 Å². The molecular weight excluding hydrogens is 1620 g/mol. The summed E-state index contributed by atoms with van der Waals surface area (Å²) >= 11 is 0. The topological polar surface area (TPSA) is 421 Å². The molecular formula is C78H54N6Na5O18S6-. The summed E-state index contributed by atoms with van der Waals surface area (Å²) in [4.78, 5) is 26.5. The van der Waals surface area contributed by atoms with Crippen molar-refractivity contribution in [1.82, 2.24) is 29.9 Å². The first kappa shape index (κ1) is 92.4. The molecule has 546 valence electrons. The molecule has 0 radical (unpaired) electrons. The molecule has 15 aromatic rings. The first-order chi connectivity index (χ1) is 50.7. The molecule has 0 aliphatic carbocycles. The van der Waals surface area contributed by atoms with E-state index in [4.69, 9.17) is 29.9 Å². The van der Waals surface area contributed by atoms with E-state index in [-0.39, 0.29) is 177 Å². The Kier molecular flexibility index (Phi) is 29.4. The van der Waals surface area contributed by atoms with Gasteiger partial charge in [0.2, 0.25) is 0 Å². The van der Waals surface area contributed by atoms with Gasteiger partial charge in [0.05, 0.1) is 62.5 Å². The maximum absolute atomic E-state index is 11.6. The third-order valence-electron chi connectivity index (χ3n) is 17.7. The normalized spacial score (nSPS) is 11.8. The average molecular weight is 1670 g/mol. The van der Waals surface area contributed by atoms with Crippen LogP contribution >= 0.6 is 0 Å². The number of benzene rings is 9. The third-order valence-corrected chi connectivity index (χ3v) is 22.7. The van der Waals surface area contributed by atoms with E-state index in [0.717, 1.165) is 60.8 Å². The van der Waals surface area contributed by atoms with Crippen molar-refractivity contribution in [3.8, 4) is 66.8 Å². The molecule has 0 atom stereocenters. The van der Waals surface area contributed by atoms with Crippen LogP contribution in [-0.2, 0) is 60.7 Å². The van der Waals surface area contributed by atoms with Gasteiger partial charge in [0.25, 0.3) is 0 Å². The first-order valence-corrected chi connectivity index (χ1v) is 40.7. The molecule has 15 rings (SSSR count). The molecule has 6 heterocycles. The van der Waals surface area contributed by atoms with Gasteiger partial charge < -0.3 is 27.3 Å². The molecule has 9 aromatic carbocycles. The molecule has 0 spiro atoms. The summed E-state index contributed by atoms with van der Waals surface area (Å²) in [6.07, 6.45) is 0. The Balaban J connectivity index is 0.000000208. The van der Waals surface area contributed by atoms with Crippen LogP contribution in [0, 0.1) is 41.5 Å². The standard InChI is InChI=1S/3C26H20N2O6S2.5Na/c1-15-13-23(17-3-7-19(8-4-17)35(29,30)31)21-11-12-22-24(14-16(2)28-26(22)25(21)27-15)18-5-9-20(10-6-18)36(32,33)34;1-15-11-23(17-5-3-7-19(13-17)35(29,30)31)21-9-10-22-24(12-16(2)28-26(22)25(21)27-15)18-6-4-8-20(14-18)36(32,33)34;1-15-12-23(17-6-8-19(9-7-17)35(29,30)31)21-10-11-22-24(13-16(2)28-26(22)25(21)27-15)18-4-3-5-20(14-18)36(32,33)34;;;;;/h3*3-14H,1-2H3,(H,29,30,31)(H,32,33,34);;;;;/q;;;5*+1/p-6. The molecule has 0 amide bonds. The molecule has 113 heavy (non-hydrogen) atoms. The van der Waals surface area contributed by atoms with Gasteiger partial charge in [-0.1, -0.05) is 109 Å². The molecule has 0 aliphatic heterocycles. The second kappa shape index (κ2) is 36.0. The number of hydrogen-bond acceptors (Lipinski definition) is 24. The van der Waals surface area contributed by atoms with E-state index in [1.807, 2.05) is 100 Å². The van der Waals surface area contributed by atoms with Crippen molar-refractivity contribution < 1.29 is 226 Å². The fourth-order valence-electron chi connectivity index (χ4n) is 13.0. The van der Waals surface area contributed by atoms with Crippen LogP contribution < -0.4 is 148 Å². The van der Waals surface area contributed by atoms with E-state index in [1.54, 1.807) is 68.4 Å². The summed E-state index contributed by atoms with van der Waals surface area (Å²) in [5, 5.41) is 4.49.